The molecule has 0 saturated carbocycles. The van der Waals surface area contributed by atoms with E-state index in [1.807, 2.05) is 45.7 Å². The quantitative estimate of drug-likeness (QED) is 0.770. The number of hydrogen-bond donors (Lipinski definition) is 0. The van der Waals surface area contributed by atoms with E-state index in [1.165, 1.54) is 16.2 Å². The zero-order valence-corrected chi connectivity index (χ0v) is 15.9. The second kappa shape index (κ2) is 8.54. The van der Waals surface area contributed by atoms with E-state index in [4.69, 9.17) is 0 Å². The topological polar surface area (TPSA) is 40.6 Å². The molecule has 0 N–H and O–H groups in total. The lowest BCUT2D eigenvalue weighted by atomic mass is 10.1. The first kappa shape index (κ1) is 18.0. The van der Waals surface area contributed by atoms with Gasteiger partial charge in [0.15, 0.2) is 0 Å². The van der Waals surface area contributed by atoms with Crippen molar-refractivity contribution in [3.63, 3.8) is 0 Å². The van der Waals surface area contributed by atoms with Crippen LogP contribution in [0.25, 0.3) is 0 Å². The number of carbonyl (C=O) groups excluding carboxylic acids is 2. The van der Waals surface area contributed by atoms with Crippen molar-refractivity contribution in [1.82, 2.24) is 9.80 Å². The minimum atomic E-state index is 0.0805. The molecular weight excluding hydrogens is 352 g/mol. The van der Waals surface area contributed by atoms with Gasteiger partial charge >= 0.3 is 0 Å². The highest BCUT2D eigenvalue weighted by atomic mass is 32.2. The highest BCUT2D eigenvalue weighted by Gasteiger charge is 2.23. The number of amides is 2. The van der Waals surface area contributed by atoms with E-state index >= 15 is 0 Å². The molecule has 2 heterocycles. The highest BCUT2D eigenvalue weighted by Crippen LogP contribution is 2.17. The standard InChI is InChI=1S/C19H22N2O2S2/c1-24-16-7-5-15(6-8-16)14-18(22)20-9-3-10-21(12-11-20)19(23)17-4-2-13-25-17/h2,4-8,13H,3,9-12,14H2,1H3. The minimum absolute atomic E-state index is 0.0805. The second-order valence-corrected chi connectivity index (χ2v) is 7.86. The molecule has 0 aliphatic carbocycles. The Labute approximate surface area is 156 Å². The Bertz CT molecular complexity index is 714. The summed E-state index contributed by atoms with van der Waals surface area (Å²) in [7, 11) is 0. The van der Waals surface area contributed by atoms with Crippen molar-refractivity contribution >= 4 is 34.9 Å². The van der Waals surface area contributed by atoms with Crippen LogP contribution in [0.5, 0.6) is 0 Å². The van der Waals surface area contributed by atoms with Crippen LogP contribution in [-0.4, -0.2) is 54.0 Å². The Hall–Kier alpha value is -1.79. The molecule has 0 spiro atoms. The molecule has 1 aromatic heterocycles. The van der Waals surface area contributed by atoms with E-state index in [9.17, 15) is 9.59 Å². The molecule has 1 aromatic carbocycles. The fourth-order valence-corrected chi connectivity index (χ4v) is 4.05. The maximum absolute atomic E-state index is 12.6. The number of rotatable bonds is 4. The molecule has 0 unspecified atom stereocenters. The lowest BCUT2D eigenvalue weighted by Gasteiger charge is -2.22. The van der Waals surface area contributed by atoms with Crippen molar-refractivity contribution in [3.8, 4) is 0 Å². The number of benzene rings is 1. The van der Waals surface area contributed by atoms with Crippen molar-refractivity contribution in [2.75, 3.05) is 32.4 Å². The third kappa shape index (κ3) is 4.64. The summed E-state index contributed by atoms with van der Waals surface area (Å²) >= 11 is 3.17. The Morgan fingerprint density at radius 1 is 1.04 bits per heavy atom. The minimum Gasteiger partial charge on any atom is -0.341 e. The van der Waals surface area contributed by atoms with Crippen LogP contribution >= 0.6 is 23.1 Å². The van der Waals surface area contributed by atoms with E-state index in [0.717, 1.165) is 23.4 Å². The van der Waals surface area contributed by atoms with Gasteiger partial charge in [-0.1, -0.05) is 18.2 Å². The average Bonchev–Trinajstić information content (AvgIpc) is 3.06. The van der Waals surface area contributed by atoms with E-state index < -0.39 is 0 Å². The smallest absolute Gasteiger partial charge is 0.263 e. The van der Waals surface area contributed by atoms with Crippen molar-refractivity contribution < 1.29 is 9.59 Å². The lowest BCUT2D eigenvalue weighted by Crippen LogP contribution is -2.37. The number of thioether (sulfide) groups is 1. The van der Waals surface area contributed by atoms with Crippen LogP contribution in [0.15, 0.2) is 46.7 Å². The molecule has 2 amide bonds. The van der Waals surface area contributed by atoms with Gasteiger partial charge in [-0.05, 0) is 41.8 Å². The Morgan fingerprint density at radius 2 is 1.76 bits per heavy atom. The van der Waals surface area contributed by atoms with Gasteiger partial charge in [-0.15, -0.1) is 23.1 Å². The van der Waals surface area contributed by atoms with Crippen LogP contribution in [-0.2, 0) is 11.2 Å². The number of thiophene rings is 1. The van der Waals surface area contributed by atoms with Crippen LogP contribution in [0.3, 0.4) is 0 Å². The van der Waals surface area contributed by atoms with Gasteiger partial charge in [-0.3, -0.25) is 9.59 Å². The summed E-state index contributed by atoms with van der Waals surface area (Å²) in [6.45, 7) is 2.64. The van der Waals surface area contributed by atoms with Crippen molar-refractivity contribution in [1.29, 1.82) is 0 Å². The van der Waals surface area contributed by atoms with E-state index in [1.54, 1.807) is 11.8 Å². The molecule has 0 atom stereocenters. The van der Waals surface area contributed by atoms with Crippen LogP contribution in [0, 0.1) is 0 Å². The molecule has 132 valence electrons. The van der Waals surface area contributed by atoms with Crippen LogP contribution in [0.2, 0.25) is 0 Å². The van der Waals surface area contributed by atoms with Gasteiger partial charge in [0.2, 0.25) is 5.91 Å². The van der Waals surface area contributed by atoms with E-state index in [-0.39, 0.29) is 11.8 Å². The van der Waals surface area contributed by atoms with Crippen LogP contribution in [0.4, 0.5) is 0 Å². The Morgan fingerprint density at radius 3 is 2.44 bits per heavy atom. The van der Waals surface area contributed by atoms with E-state index in [2.05, 4.69) is 12.1 Å². The molecule has 25 heavy (non-hydrogen) atoms. The monoisotopic (exact) mass is 374 g/mol. The van der Waals surface area contributed by atoms with Gasteiger partial charge in [0.25, 0.3) is 5.91 Å². The fraction of sp³-hybridized carbons (Fsp3) is 0.368. The first-order valence-corrected chi connectivity index (χ1v) is 10.5. The van der Waals surface area contributed by atoms with Crippen LogP contribution in [0.1, 0.15) is 21.7 Å². The molecule has 2 aromatic rings. The number of nitrogens with zero attached hydrogens (tertiary/aromatic N) is 2. The zero-order chi connectivity index (χ0) is 17.6. The predicted molar refractivity (Wildman–Crippen MR) is 103 cm³/mol. The molecular formula is C19H22N2O2S2. The highest BCUT2D eigenvalue weighted by molar-refractivity contribution is 7.98. The molecule has 1 fully saturated rings. The Balaban J connectivity index is 1.56. The summed E-state index contributed by atoms with van der Waals surface area (Å²) in [5.74, 6) is 0.222. The zero-order valence-electron chi connectivity index (χ0n) is 14.3. The Kier molecular flexibility index (Phi) is 6.15. The molecule has 0 radical (unpaired) electrons. The van der Waals surface area contributed by atoms with Gasteiger partial charge in [0.1, 0.15) is 0 Å². The maximum Gasteiger partial charge on any atom is 0.263 e. The van der Waals surface area contributed by atoms with Crippen molar-refractivity contribution in [3.05, 3.63) is 52.2 Å². The molecule has 1 aliphatic heterocycles. The maximum atomic E-state index is 12.6. The summed E-state index contributed by atoms with van der Waals surface area (Å²) in [6.07, 6.45) is 3.29. The van der Waals surface area contributed by atoms with Gasteiger partial charge in [0.05, 0.1) is 11.3 Å². The summed E-state index contributed by atoms with van der Waals surface area (Å²) in [5, 5.41) is 1.92. The SMILES string of the molecule is CSc1ccc(CC(=O)N2CCCN(C(=O)c3cccs3)CC2)cc1. The predicted octanol–water partition coefficient (Wildman–Crippen LogP) is 3.39. The van der Waals surface area contributed by atoms with Crippen LogP contribution < -0.4 is 0 Å². The molecule has 1 aliphatic rings. The fourth-order valence-electron chi connectivity index (χ4n) is 2.96. The molecule has 6 heteroatoms. The van der Waals surface area contributed by atoms with Crippen molar-refractivity contribution in [2.45, 2.75) is 17.7 Å². The second-order valence-electron chi connectivity index (χ2n) is 6.03. The van der Waals surface area contributed by atoms with Crippen molar-refractivity contribution in [2.24, 2.45) is 0 Å². The van der Waals surface area contributed by atoms with Gasteiger partial charge < -0.3 is 9.80 Å². The first-order chi connectivity index (χ1) is 12.2. The third-order valence-corrected chi connectivity index (χ3v) is 5.98. The summed E-state index contributed by atoms with van der Waals surface area (Å²) in [4.78, 5) is 30.8. The molecule has 4 nitrogen and oxygen atoms in total. The molecule has 3 rings (SSSR count). The van der Waals surface area contributed by atoms with E-state index in [0.29, 0.717) is 26.1 Å². The largest absolute Gasteiger partial charge is 0.341 e. The first-order valence-electron chi connectivity index (χ1n) is 8.41. The average molecular weight is 375 g/mol. The van der Waals surface area contributed by atoms with Gasteiger partial charge in [-0.2, -0.15) is 0 Å². The van der Waals surface area contributed by atoms with Gasteiger partial charge in [-0.25, -0.2) is 0 Å². The van der Waals surface area contributed by atoms with Gasteiger partial charge in [0, 0.05) is 31.1 Å². The summed E-state index contributed by atoms with van der Waals surface area (Å²) < 4.78 is 0. The lowest BCUT2D eigenvalue weighted by molar-refractivity contribution is -0.130. The number of carbonyl (C=O) groups is 2. The third-order valence-electron chi connectivity index (χ3n) is 4.38. The molecule has 1 saturated heterocycles. The summed E-state index contributed by atoms with van der Waals surface area (Å²) in [6, 6.07) is 11.9. The summed E-state index contributed by atoms with van der Waals surface area (Å²) in [5.41, 5.74) is 1.04. The normalized spacial score (nSPS) is 15.1. The molecule has 0 bridgehead atoms. The number of hydrogen-bond acceptors (Lipinski definition) is 4.